The summed E-state index contributed by atoms with van der Waals surface area (Å²) in [6.07, 6.45) is -0.791. The molecular weight excluding hydrogens is 362 g/mol. The van der Waals surface area contributed by atoms with Crippen LogP contribution >= 0.6 is 0 Å². The average Bonchev–Trinajstić information content (AvgIpc) is 3.21. The van der Waals surface area contributed by atoms with Gasteiger partial charge in [-0.1, -0.05) is 12.1 Å². The number of nitrogens with one attached hydrogen (secondary N) is 2. The Bertz CT molecular complexity index is 821. The van der Waals surface area contributed by atoms with E-state index in [-0.39, 0.29) is 13.3 Å². The molecule has 0 spiro atoms. The Morgan fingerprint density at radius 3 is 2.61 bits per heavy atom. The smallest absolute Gasteiger partial charge is 0.319 e. The largest absolute Gasteiger partial charge is 0.454 e. The van der Waals surface area contributed by atoms with Crippen molar-refractivity contribution >= 4 is 17.4 Å². The number of carbonyl (C=O) groups is 1. The lowest BCUT2D eigenvalue weighted by atomic mass is 10.1. The molecule has 1 fully saturated rings. The van der Waals surface area contributed by atoms with E-state index in [0.29, 0.717) is 17.2 Å². The van der Waals surface area contributed by atoms with Crippen molar-refractivity contribution in [3.63, 3.8) is 0 Å². The number of benzene rings is 2. The number of amides is 2. The first-order chi connectivity index (χ1) is 13.7. The van der Waals surface area contributed by atoms with Crippen molar-refractivity contribution in [1.29, 1.82) is 0 Å². The summed E-state index contributed by atoms with van der Waals surface area (Å²) in [7, 11) is 0. The standard InChI is InChI=1S/C20H23N3O5/c24-17(14-1-4-16(5-2-14)23-7-9-26-10-8-23)12-21-20(25)22-15-3-6-18-19(11-15)28-13-27-18/h1-6,11,17,24H,7-10,12-13H2,(H2,21,22,25). The number of rotatable bonds is 5. The zero-order valence-electron chi connectivity index (χ0n) is 15.4. The SMILES string of the molecule is O=C(NCC(O)c1ccc(N2CCOCC2)cc1)Nc1ccc2c(c1)OCO2. The number of ether oxygens (including phenoxy) is 3. The lowest BCUT2D eigenvalue weighted by Gasteiger charge is -2.29. The van der Waals surface area contributed by atoms with Gasteiger partial charge in [0.05, 0.1) is 19.3 Å². The minimum Gasteiger partial charge on any atom is -0.454 e. The van der Waals surface area contributed by atoms with Crippen LogP contribution in [0.4, 0.5) is 16.2 Å². The van der Waals surface area contributed by atoms with Crippen LogP contribution in [0.25, 0.3) is 0 Å². The highest BCUT2D eigenvalue weighted by Crippen LogP contribution is 2.34. The molecule has 2 aliphatic rings. The van der Waals surface area contributed by atoms with Crippen molar-refractivity contribution in [2.75, 3.05) is 49.9 Å². The van der Waals surface area contributed by atoms with Gasteiger partial charge < -0.3 is 34.9 Å². The van der Waals surface area contributed by atoms with E-state index in [1.165, 1.54) is 0 Å². The van der Waals surface area contributed by atoms with Gasteiger partial charge in [-0.05, 0) is 29.8 Å². The Balaban J connectivity index is 1.27. The summed E-state index contributed by atoms with van der Waals surface area (Å²) in [5.41, 5.74) is 2.44. The van der Waals surface area contributed by atoms with Crippen LogP contribution < -0.4 is 25.0 Å². The molecule has 0 saturated carbocycles. The third kappa shape index (κ3) is 4.29. The molecule has 0 bridgehead atoms. The second kappa shape index (κ2) is 8.37. The molecule has 8 nitrogen and oxygen atoms in total. The fourth-order valence-electron chi connectivity index (χ4n) is 3.19. The van der Waals surface area contributed by atoms with E-state index >= 15 is 0 Å². The molecule has 2 amide bonds. The molecule has 2 aromatic rings. The first-order valence-corrected chi connectivity index (χ1v) is 9.24. The molecule has 0 aliphatic carbocycles. The minimum absolute atomic E-state index is 0.104. The number of anilines is 2. The third-order valence-electron chi connectivity index (χ3n) is 4.74. The van der Waals surface area contributed by atoms with Gasteiger partial charge in [0, 0.05) is 37.1 Å². The van der Waals surface area contributed by atoms with Crippen molar-refractivity contribution in [1.82, 2.24) is 5.32 Å². The van der Waals surface area contributed by atoms with Gasteiger partial charge in [-0.3, -0.25) is 0 Å². The summed E-state index contributed by atoms with van der Waals surface area (Å²) in [5, 5.41) is 15.7. The van der Waals surface area contributed by atoms with Crippen LogP contribution in [0, 0.1) is 0 Å². The maximum absolute atomic E-state index is 12.1. The van der Waals surface area contributed by atoms with Gasteiger partial charge in [0.2, 0.25) is 6.79 Å². The topological polar surface area (TPSA) is 92.3 Å². The summed E-state index contributed by atoms with van der Waals surface area (Å²) >= 11 is 0. The highest BCUT2D eigenvalue weighted by atomic mass is 16.7. The van der Waals surface area contributed by atoms with Crippen molar-refractivity contribution in [3.8, 4) is 11.5 Å². The van der Waals surface area contributed by atoms with Gasteiger partial charge in [0.25, 0.3) is 0 Å². The average molecular weight is 385 g/mol. The lowest BCUT2D eigenvalue weighted by Crippen LogP contribution is -2.36. The number of morpholine rings is 1. The van der Waals surface area contributed by atoms with Gasteiger partial charge in [-0.2, -0.15) is 0 Å². The van der Waals surface area contributed by atoms with E-state index in [4.69, 9.17) is 14.2 Å². The van der Waals surface area contributed by atoms with E-state index in [9.17, 15) is 9.90 Å². The molecule has 2 aromatic carbocycles. The second-order valence-electron chi connectivity index (χ2n) is 6.61. The van der Waals surface area contributed by atoms with Crippen molar-refractivity contribution in [2.24, 2.45) is 0 Å². The first-order valence-electron chi connectivity index (χ1n) is 9.24. The normalized spacial score (nSPS) is 16.5. The molecule has 8 heteroatoms. The zero-order chi connectivity index (χ0) is 19.3. The van der Waals surface area contributed by atoms with Crippen molar-refractivity contribution in [3.05, 3.63) is 48.0 Å². The summed E-state index contributed by atoms with van der Waals surface area (Å²) in [4.78, 5) is 14.3. The zero-order valence-corrected chi connectivity index (χ0v) is 15.4. The van der Waals surface area contributed by atoms with Crippen LogP contribution in [0.3, 0.4) is 0 Å². The van der Waals surface area contributed by atoms with Crippen LogP contribution in [0.2, 0.25) is 0 Å². The predicted octanol–water partition coefficient (Wildman–Crippen LogP) is 2.11. The molecule has 2 aliphatic heterocycles. The number of hydrogen-bond donors (Lipinski definition) is 3. The van der Waals surface area contributed by atoms with Crippen LogP contribution in [-0.4, -0.2) is 50.8 Å². The van der Waals surface area contributed by atoms with Crippen molar-refractivity contribution in [2.45, 2.75) is 6.10 Å². The molecule has 1 saturated heterocycles. The monoisotopic (exact) mass is 385 g/mol. The quantitative estimate of drug-likeness (QED) is 0.730. The van der Waals surface area contributed by atoms with Gasteiger partial charge in [0.1, 0.15) is 0 Å². The van der Waals surface area contributed by atoms with E-state index in [1.807, 2.05) is 24.3 Å². The molecule has 4 rings (SSSR count). The maximum atomic E-state index is 12.1. The number of nitrogens with zero attached hydrogens (tertiary/aromatic N) is 1. The summed E-state index contributed by atoms with van der Waals surface area (Å²) < 4.78 is 15.9. The van der Waals surface area contributed by atoms with Crippen LogP contribution in [0.1, 0.15) is 11.7 Å². The Morgan fingerprint density at radius 2 is 1.82 bits per heavy atom. The fourth-order valence-corrected chi connectivity index (χ4v) is 3.19. The maximum Gasteiger partial charge on any atom is 0.319 e. The summed E-state index contributed by atoms with van der Waals surface area (Å²) in [6, 6.07) is 12.5. The number of carbonyl (C=O) groups excluding carboxylic acids is 1. The number of urea groups is 1. The van der Waals surface area contributed by atoms with E-state index in [1.54, 1.807) is 18.2 Å². The first kappa shape index (κ1) is 18.4. The highest BCUT2D eigenvalue weighted by Gasteiger charge is 2.15. The Kier molecular flexibility index (Phi) is 5.50. The van der Waals surface area contributed by atoms with Crippen molar-refractivity contribution < 1.29 is 24.1 Å². The van der Waals surface area contributed by atoms with Crippen LogP contribution in [0.5, 0.6) is 11.5 Å². The Labute approximate surface area is 163 Å². The second-order valence-corrected chi connectivity index (χ2v) is 6.61. The number of fused-ring (bicyclic) bond motifs is 1. The molecule has 2 heterocycles. The number of hydrogen-bond acceptors (Lipinski definition) is 6. The molecule has 0 radical (unpaired) electrons. The van der Waals surface area contributed by atoms with Gasteiger partial charge >= 0.3 is 6.03 Å². The summed E-state index contributed by atoms with van der Waals surface area (Å²) in [5.74, 6) is 1.25. The van der Waals surface area contributed by atoms with Gasteiger partial charge in [-0.15, -0.1) is 0 Å². The van der Waals surface area contributed by atoms with Gasteiger partial charge in [0.15, 0.2) is 11.5 Å². The van der Waals surface area contributed by atoms with Crippen LogP contribution in [-0.2, 0) is 4.74 Å². The molecule has 148 valence electrons. The third-order valence-corrected chi connectivity index (χ3v) is 4.74. The Hall–Kier alpha value is -2.97. The lowest BCUT2D eigenvalue weighted by molar-refractivity contribution is 0.122. The Morgan fingerprint density at radius 1 is 1.07 bits per heavy atom. The summed E-state index contributed by atoms with van der Waals surface area (Å²) in [6.45, 7) is 3.47. The van der Waals surface area contributed by atoms with E-state index in [2.05, 4.69) is 15.5 Å². The molecule has 28 heavy (non-hydrogen) atoms. The molecule has 0 aromatic heterocycles. The molecule has 1 unspecified atom stereocenters. The molecular formula is C20H23N3O5. The fraction of sp³-hybridized carbons (Fsp3) is 0.350. The number of aliphatic hydroxyl groups excluding tert-OH is 1. The molecule has 3 N–H and O–H groups in total. The molecule has 1 atom stereocenters. The number of aliphatic hydroxyl groups is 1. The minimum atomic E-state index is -0.791. The van der Waals surface area contributed by atoms with Crippen LogP contribution in [0.15, 0.2) is 42.5 Å². The predicted molar refractivity (Wildman–Crippen MR) is 104 cm³/mol. The van der Waals surface area contributed by atoms with E-state index < -0.39 is 12.1 Å². The van der Waals surface area contributed by atoms with E-state index in [0.717, 1.165) is 37.6 Å². The van der Waals surface area contributed by atoms with Gasteiger partial charge in [-0.25, -0.2) is 4.79 Å². The highest BCUT2D eigenvalue weighted by molar-refractivity contribution is 5.89.